The maximum atomic E-state index is 11.5. The van der Waals surface area contributed by atoms with Crippen LogP contribution in [0.1, 0.15) is 6.23 Å². The van der Waals surface area contributed by atoms with Crippen molar-refractivity contribution in [3.63, 3.8) is 0 Å². The first-order valence-electron chi connectivity index (χ1n) is 4.98. The number of aliphatic hydroxyl groups excluding tert-OH is 1. The fourth-order valence-electron chi connectivity index (χ4n) is 1.81. The normalized spacial score (nSPS) is 28.8. The van der Waals surface area contributed by atoms with Crippen LogP contribution >= 0.6 is 0 Å². The summed E-state index contributed by atoms with van der Waals surface area (Å²) in [5.74, 6) is 0.0942. The molecule has 2 heterocycles. The third-order valence-electron chi connectivity index (χ3n) is 2.74. The minimum absolute atomic E-state index is 0.0758. The Bertz CT molecular complexity index is 433. The zero-order valence-corrected chi connectivity index (χ0v) is 8.61. The Morgan fingerprint density at radius 2 is 2.38 bits per heavy atom. The fourth-order valence-corrected chi connectivity index (χ4v) is 1.81. The van der Waals surface area contributed by atoms with Gasteiger partial charge in [-0.15, -0.1) is 0 Å². The Morgan fingerprint density at radius 1 is 1.62 bits per heavy atom. The number of nitrogens with zero attached hydrogens (tertiary/aromatic N) is 2. The van der Waals surface area contributed by atoms with Crippen LogP contribution in [-0.4, -0.2) is 33.9 Å². The van der Waals surface area contributed by atoms with Crippen LogP contribution in [0.15, 0.2) is 17.1 Å². The maximum absolute atomic E-state index is 11.5. The van der Waals surface area contributed by atoms with Gasteiger partial charge in [-0.25, -0.2) is 4.79 Å². The number of nitrogens with two attached hydrogens (primary N) is 2. The highest BCUT2D eigenvalue weighted by Crippen LogP contribution is 2.35. The molecule has 2 rings (SSSR count). The van der Waals surface area contributed by atoms with Crippen molar-refractivity contribution < 1.29 is 9.84 Å². The molecule has 0 amide bonds. The minimum atomic E-state index is -0.472. The molecule has 5 N–H and O–H groups in total. The van der Waals surface area contributed by atoms with E-state index in [4.69, 9.17) is 21.3 Å². The third-order valence-corrected chi connectivity index (χ3v) is 2.74. The predicted molar refractivity (Wildman–Crippen MR) is 56.4 cm³/mol. The average molecular weight is 226 g/mol. The van der Waals surface area contributed by atoms with Crippen LogP contribution in [0, 0.1) is 5.92 Å². The molecule has 16 heavy (non-hydrogen) atoms. The van der Waals surface area contributed by atoms with Gasteiger partial charge >= 0.3 is 5.69 Å². The Hall–Kier alpha value is -1.44. The fraction of sp³-hybridized carbons (Fsp3) is 0.556. The molecule has 1 fully saturated rings. The summed E-state index contributed by atoms with van der Waals surface area (Å²) in [5.41, 5.74) is 10.5. The molecule has 0 aromatic carbocycles. The van der Waals surface area contributed by atoms with Crippen LogP contribution in [0.25, 0.3) is 0 Å². The van der Waals surface area contributed by atoms with Crippen molar-refractivity contribution >= 4 is 5.82 Å². The highest BCUT2D eigenvalue weighted by Gasteiger charge is 2.42. The van der Waals surface area contributed by atoms with Crippen molar-refractivity contribution in [1.82, 2.24) is 9.55 Å². The Labute approximate surface area is 91.6 Å². The SMILES string of the molecule is NC[C@H]1[C@H](n2ccc(N)nc2=O)O[C@@H]1CO. The van der Waals surface area contributed by atoms with E-state index in [2.05, 4.69) is 4.98 Å². The topological polar surface area (TPSA) is 116 Å². The smallest absolute Gasteiger partial charge is 0.351 e. The molecule has 7 heteroatoms. The molecular weight excluding hydrogens is 212 g/mol. The van der Waals surface area contributed by atoms with Crippen LogP contribution < -0.4 is 17.2 Å². The lowest BCUT2D eigenvalue weighted by Gasteiger charge is -2.43. The first kappa shape index (κ1) is 11.1. The van der Waals surface area contributed by atoms with Crippen molar-refractivity contribution in [2.75, 3.05) is 18.9 Å². The summed E-state index contributed by atoms with van der Waals surface area (Å²) < 4.78 is 6.68. The summed E-state index contributed by atoms with van der Waals surface area (Å²) in [4.78, 5) is 15.1. The van der Waals surface area contributed by atoms with E-state index in [0.29, 0.717) is 6.54 Å². The molecule has 1 saturated heterocycles. The van der Waals surface area contributed by atoms with Gasteiger partial charge in [0.05, 0.1) is 12.7 Å². The van der Waals surface area contributed by atoms with Gasteiger partial charge in [-0.2, -0.15) is 4.98 Å². The van der Waals surface area contributed by atoms with Gasteiger partial charge in [0.2, 0.25) is 0 Å². The molecule has 0 unspecified atom stereocenters. The monoisotopic (exact) mass is 226 g/mol. The molecule has 1 aromatic rings. The summed E-state index contributed by atoms with van der Waals surface area (Å²) >= 11 is 0. The average Bonchev–Trinajstić information content (AvgIpc) is 2.21. The highest BCUT2D eigenvalue weighted by molar-refractivity contribution is 5.23. The second-order valence-electron chi connectivity index (χ2n) is 3.69. The van der Waals surface area contributed by atoms with E-state index >= 15 is 0 Å². The number of hydrogen-bond donors (Lipinski definition) is 3. The van der Waals surface area contributed by atoms with Gasteiger partial charge in [0, 0.05) is 18.7 Å². The van der Waals surface area contributed by atoms with Crippen LogP contribution in [-0.2, 0) is 4.74 Å². The Morgan fingerprint density at radius 3 is 2.94 bits per heavy atom. The van der Waals surface area contributed by atoms with Crippen molar-refractivity contribution in [2.24, 2.45) is 11.7 Å². The lowest BCUT2D eigenvalue weighted by molar-refractivity contribution is -0.232. The van der Waals surface area contributed by atoms with Gasteiger partial charge in [-0.1, -0.05) is 0 Å². The number of rotatable bonds is 3. The van der Waals surface area contributed by atoms with E-state index in [9.17, 15) is 4.79 Å². The van der Waals surface area contributed by atoms with Crippen molar-refractivity contribution in [3.8, 4) is 0 Å². The zero-order valence-electron chi connectivity index (χ0n) is 8.61. The van der Waals surface area contributed by atoms with Gasteiger partial charge in [-0.3, -0.25) is 4.57 Å². The number of aromatic nitrogens is 2. The van der Waals surface area contributed by atoms with E-state index in [1.54, 1.807) is 0 Å². The number of aliphatic hydroxyl groups is 1. The second-order valence-corrected chi connectivity index (χ2v) is 3.69. The molecular formula is C9H14N4O3. The van der Waals surface area contributed by atoms with Gasteiger partial charge in [-0.05, 0) is 6.07 Å². The number of nitrogen functional groups attached to an aromatic ring is 1. The van der Waals surface area contributed by atoms with E-state index in [1.165, 1.54) is 16.8 Å². The first-order valence-corrected chi connectivity index (χ1v) is 4.98. The van der Waals surface area contributed by atoms with Crippen molar-refractivity contribution in [2.45, 2.75) is 12.3 Å². The van der Waals surface area contributed by atoms with Gasteiger partial charge in [0.1, 0.15) is 12.0 Å². The van der Waals surface area contributed by atoms with Crippen molar-refractivity contribution in [3.05, 3.63) is 22.7 Å². The Balaban J connectivity index is 2.23. The highest BCUT2D eigenvalue weighted by atomic mass is 16.5. The van der Waals surface area contributed by atoms with Gasteiger partial charge < -0.3 is 21.3 Å². The molecule has 0 bridgehead atoms. The summed E-state index contributed by atoms with van der Waals surface area (Å²) in [6.07, 6.45) is 0.758. The molecule has 0 saturated carbocycles. The van der Waals surface area contributed by atoms with Crippen LogP contribution in [0.5, 0.6) is 0 Å². The lowest BCUT2D eigenvalue weighted by atomic mass is 9.94. The molecule has 1 aromatic heterocycles. The Kier molecular flexibility index (Phi) is 2.90. The summed E-state index contributed by atoms with van der Waals surface area (Å²) in [5, 5.41) is 8.96. The number of anilines is 1. The molecule has 0 radical (unpaired) electrons. The molecule has 1 aliphatic rings. The van der Waals surface area contributed by atoms with Crippen LogP contribution in [0.2, 0.25) is 0 Å². The van der Waals surface area contributed by atoms with E-state index in [-0.39, 0.29) is 24.4 Å². The molecule has 7 nitrogen and oxygen atoms in total. The predicted octanol–water partition coefficient (Wildman–Crippen LogP) is -1.71. The number of hydrogen-bond acceptors (Lipinski definition) is 6. The number of ether oxygens (including phenoxy) is 1. The van der Waals surface area contributed by atoms with Gasteiger partial charge in [0.15, 0.2) is 0 Å². The minimum Gasteiger partial charge on any atom is -0.394 e. The van der Waals surface area contributed by atoms with E-state index in [1.807, 2.05) is 0 Å². The standard InChI is InChI=1S/C9H14N4O3/c10-3-5-6(4-14)16-8(5)13-2-1-7(11)12-9(13)15/h1-2,5-6,8,14H,3-4,10H2,(H2,11,12,15)/t5-,6-,8-/m1/s1. The zero-order chi connectivity index (χ0) is 11.7. The molecule has 0 spiro atoms. The second kappa shape index (κ2) is 4.20. The molecule has 88 valence electrons. The van der Waals surface area contributed by atoms with Crippen LogP contribution in [0.3, 0.4) is 0 Å². The summed E-state index contributed by atoms with van der Waals surface area (Å²) in [6, 6.07) is 1.52. The third kappa shape index (κ3) is 1.69. The molecule has 3 atom stereocenters. The summed E-state index contributed by atoms with van der Waals surface area (Å²) in [6.45, 7) is 0.238. The largest absolute Gasteiger partial charge is 0.394 e. The molecule has 1 aliphatic heterocycles. The first-order chi connectivity index (χ1) is 7.67. The van der Waals surface area contributed by atoms with Gasteiger partial charge in [0.25, 0.3) is 0 Å². The molecule has 0 aliphatic carbocycles. The van der Waals surface area contributed by atoms with Crippen molar-refractivity contribution in [1.29, 1.82) is 0 Å². The quantitative estimate of drug-likeness (QED) is 0.565. The van der Waals surface area contributed by atoms with E-state index in [0.717, 1.165) is 0 Å². The summed E-state index contributed by atoms with van der Waals surface area (Å²) in [7, 11) is 0. The maximum Gasteiger partial charge on any atom is 0.351 e. The lowest BCUT2D eigenvalue weighted by Crippen LogP contribution is -2.53. The van der Waals surface area contributed by atoms with E-state index < -0.39 is 11.9 Å². The van der Waals surface area contributed by atoms with Crippen LogP contribution in [0.4, 0.5) is 5.82 Å².